The molecular weight excluding hydrogens is 412 g/mol. The van der Waals surface area contributed by atoms with Crippen molar-refractivity contribution >= 4 is 34.5 Å². The van der Waals surface area contributed by atoms with E-state index in [2.05, 4.69) is 28.7 Å². The largest absolute Gasteiger partial charge is 0.387 e. The van der Waals surface area contributed by atoms with Crippen LogP contribution in [0.5, 0.6) is 0 Å². The summed E-state index contributed by atoms with van der Waals surface area (Å²) in [7, 11) is 0. The Balaban J connectivity index is 1.41. The molecule has 1 fully saturated rings. The number of oxime groups is 1. The number of aryl methyl sites for hydroxylation is 1. The Morgan fingerprint density at radius 2 is 1.90 bits per heavy atom. The molecule has 0 atom stereocenters. The van der Waals surface area contributed by atoms with E-state index in [0.717, 1.165) is 22.2 Å². The summed E-state index contributed by atoms with van der Waals surface area (Å²) in [5.41, 5.74) is 5.24. The van der Waals surface area contributed by atoms with E-state index >= 15 is 0 Å². The molecule has 1 aromatic carbocycles. The van der Waals surface area contributed by atoms with Gasteiger partial charge in [0.2, 0.25) is 0 Å². The highest BCUT2D eigenvalue weighted by Gasteiger charge is 2.24. The third-order valence-electron chi connectivity index (χ3n) is 6.20. The van der Waals surface area contributed by atoms with Crippen LogP contribution in [0.4, 0.5) is 0 Å². The van der Waals surface area contributed by atoms with E-state index in [-0.39, 0.29) is 6.61 Å². The Labute approximate surface area is 185 Å². The van der Waals surface area contributed by atoms with E-state index < -0.39 is 0 Å². The smallest absolute Gasteiger partial charge is 0.192 e. The number of halogens is 1. The minimum Gasteiger partial charge on any atom is -0.387 e. The Bertz CT molecular complexity index is 1250. The number of hydrogen-bond donors (Lipinski definition) is 0. The second-order valence-electron chi connectivity index (χ2n) is 8.17. The fourth-order valence-corrected chi connectivity index (χ4v) is 4.65. The van der Waals surface area contributed by atoms with E-state index in [9.17, 15) is 0 Å². The van der Waals surface area contributed by atoms with Gasteiger partial charge in [-0.2, -0.15) is 0 Å². The lowest BCUT2D eigenvalue weighted by atomic mass is 9.95. The summed E-state index contributed by atoms with van der Waals surface area (Å²) in [6.07, 6.45) is 9.73. The van der Waals surface area contributed by atoms with Gasteiger partial charge in [-0.3, -0.25) is 0 Å². The summed E-state index contributed by atoms with van der Waals surface area (Å²) in [6.45, 7) is 4.53. The van der Waals surface area contributed by atoms with Gasteiger partial charge in [0.05, 0.1) is 11.6 Å². The van der Waals surface area contributed by atoms with E-state index in [4.69, 9.17) is 26.4 Å². The van der Waals surface area contributed by atoms with Crippen LogP contribution in [0.25, 0.3) is 16.7 Å². The highest BCUT2D eigenvalue weighted by Crippen LogP contribution is 2.35. The van der Waals surface area contributed by atoms with Crippen molar-refractivity contribution < 1.29 is 4.84 Å². The van der Waals surface area contributed by atoms with Crippen LogP contribution in [0.3, 0.4) is 0 Å². The maximum absolute atomic E-state index is 5.90. The van der Waals surface area contributed by atoms with Crippen molar-refractivity contribution in [3.05, 3.63) is 58.3 Å². The number of benzene rings is 1. The second kappa shape index (κ2) is 8.30. The Morgan fingerprint density at radius 1 is 1.13 bits per heavy atom. The second-order valence-corrected chi connectivity index (χ2v) is 8.61. The number of hydrogen-bond acceptors (Lipinski definition) is 5. The maximum atomic E-state index is 5.90. The molecule has 4 aromatic rings. The monoisotopic (exact) mass is 436 g/mol. The van der Waals surface area contributed by atoms with Gasteiger partial charge >= 0.3 is 0 Å². The highest BCUT2D eigenvalue weighted by molar-refractivity contribution is 6.30. The molecule has 0 unspecified atom stereocenters. The lowest BCUT2D eigenvalue weighted by Crippen LogP contribution is -2.14. The number of aromatic nitrogens is 5. The highest BCUT2D eigenvalue weighted by atomic mass is 35.5. The van der Waals surface area contributed by atoms with Crippen molar-refractivity contribution in [2.45, 2.75) is 58.6 Å². The molecular formula is C23H25ClN6O. The van der Waals surface area contributed by atoms with Crippen molar-refractivity contribution in [2.24, 2.45) is 5.16 Å². The Hall–Kier alpha value is -2.93. The van der Waals surface area contributed by atoms with Crippen LogP contribution in [-0.4, -0.2) is 30.4 Å². The van der Waals surface area contributed by atoms with Crippen LogP contribution in [0.15, 0.2) is 35.7 Å². The van der Waals surface area contributed by atoms with Crippen LogP contribution in [-0.2, 0) is 11.4 Å². The molecule has 0 radical (unpaired) electrons. The molecule has 3 aromatic heterocycles. The van der Waals surface area contributed by atoms with Crippen LogP contribution in [0, 0.1) is 13.8 Å². The van der Waals surface area contributed by atoms with Crippen molar-refractivity contribution in [1.82, 2.24) is 24.1 Å². The van der Waals surface area contributed by atoms with Gasteiger partial charge in [-0.25, -0.2) is 14.5 Å². The molecule has 0 amide bonds. The molecule has 0 aliphatic heterocycles. The summed E-state index contributed by atoms with van der Waals surface area (Å²) in [5, 5.41) is 10.3. The zero-order valence-corrected chi connectivity index (χ0v) is 18.5. The molecule has 0 N–H and O–H groups in total. The first-order valence-corrected chi connectivity index (χ1v) is 11.1. The van der Waals surface area contributed by atoms with Gasteiger partial charge in [0, 0.05) is 16.8 Å². The van der Waals surface area contributed by atoms with Gasteiger partial charge in [-0.1, -0.05) is 48.2 Å². The average Bonchev–Trinajstić information content (AvgIpc) is 3.31. The van der Waals surface area contributed by atoms with Crippen molar-refractivity contribution in [3.63, 3.8) is 0 Å². The molecule has 1 saturated carbocycles. The van der Waals surface area contributed by atoms with Gasteiger partial charge in [-0.15, -0.1) is 5.10 Å². The lowest BCUT2D eigenvalue weighted by Gasteiger charge is -2.25. The number of rotatable bonds is 5. The minimum atomic E-state index is 0.189. The average molecular weight is 437 g/mol. The van der Waals surface area contributed by atoms with Gasteiger partial charge in [0.25, 0.3) is 0 Å². The molecule has 1 aliphatic carbocycles. The van der Waals surface area contributed by atoms with Crippen molar-refractivity contribution in [1.29, 1.82) is 0 Å². The summed E-state index contributed by atoms with van der Waals surface area (Å²) in [6, 6.07) is 7.90. The minimum absolute atomic E-state index is 0.189. The Kier molecular flexibility index (Phi) is 5.36. The molecule has 5 rings (SSSR count). The number of nitrogens with zero attached hydrogens (tertiary/aromatic N) is 6. The summed E-state index contributed by atoms with van der Waals surface area (Å²) < 4.78 is 4.16. The zero-order valence-electron chi connectivity index (χ0n) is 17.8. The normalized spacial score (nSPS) is 15.5. The zero-order chi connectivity index (χ0) is 21.4. The van der Waals surface area contributed by atoms with Crippen LogP contribution in [0.2, 0.25) is 5.02 Å². The van der Waals surface area contributed by atoms with Gasteiger partial charge in [-0.05, 0) is 49.9 Å². The Morgan fingerprint density at radius 3 is 2.68 bits per heavy atom. The molecule has 3 heterocycles. The van der Waals surface area contributed by atoms with Crippen LogP contribution < -0.4 is 0 Å². The molecule has 1 aliphatic rings. The third-order valence-corrected chi connectivity index (χ3v) is 6.45. The van der Waals surface area contributed by atoms with Crippen LogP contribution in [0.1, 0.15) is 60.8 Å². The summed E-state index contributed by atoms with van der Waals surface area (Å²) in [4.78, 5) is 14.9. The first-order chi connectivity index (χ1) is 15.1. The molecule has 7 nitrogen and oxygen atoms in total. The molecule has 0 spiro atoms. The van der Waals surface area contributed by atoms with E-state index in [0.29, 0.717) is 16.9 Å². The molecule has 160 valence electrons. The molecule has 8 heteroatoms. The SMILES string of the molecule is Cc1c(C)n(C2CCCCC2)c2ncn3nc(CO/N=C/c4ccc(Cl)cc4)nc3c12. The predicted molar refractivity (Wildman–Crippen MR) is 122 cm³/mol. The van der Waals surface area contributed by atoms with Gasteiger partial charge in [0.15, 0.2) is 18.1 Å². The van der Waals surface area contributed by atoms with Crippen molar-refractivity contribution in [3.8, 4) is 0 Å². The van der Waals surface area contributed by atoms with Gasteiger partial charge in [0.1, 0.15) is 12.0 Å². The summed E-state index contributed by atoms with van der Waals surface area (Å²) >= 11 is 5.90. The fourth-order valence-electron chi connectivity index (χ4n) is 4.52. The molecule has 31 heavy (non-hydrogen) atoms. The maximum Gasteiger partial charge on any atom is 0.192 e. The van der Waals surface area contributed by atoms with E-state index in [1.807, 2.05) is 24.3 Å². The van der Waals surface area contributed by atoms with Crippen LogP contribution >= 0.6 is 11.6 Å². The molecule has 0 bridgehead atoms. The number of fused-ring (bicyclic) bond motifs is 3. The fraction of sp³-hybridized carbons (Fsp3) is 0.391. The topological polar surface area (TPSA) is 69.6 Å². The summed E-state index contributed by atoms with van der Waals surface area (Å²) in [5.74, 6) is 0.574. The van der Waals surface area contributed by atoms with Crippen molar-refractivity contribution in [2.75, 3.05) is 0 Å². The van der Waals surface area contributed by atoms with Gasteiger partial charge < -0.3 is 9.40 Å². The van der Waals surface area contributed by atoms with E-state index in [1.54, 1.807) is 17.1 Å². The first-order valence-electron chi connectivity index (χ1n) is 10.7. The molecule has 0 saturated heterocycles. The lowest BCUT2D eigenvalue weighted by molar-refractivity contribution is 0.126. The standard InChI is InChI=1S/C23H25ClN6O/c1-15-16(2)30(19-6-4-3-5-7-19)22-21(15)23-27-20(28-29(23)14-25-22)13-31-26-12-17-8-10-18(24)11-9-17/h8-12,14,19H,3-7,13H2,1-2H3/b26-12+. The third kappa shape index (κ3) is 3.78. The van der Waals surface area contributed by atoms with E-state index in [1.165, 1.54) is 43.4 Å². The quantitative estimate of drug-likeness (QED) is 0.310. The first kappa shape index (κ1) is 20.0. The predicted octanol–water partition coefficient (Wildman–Crippen LogP) is 5.41.